The molecule has 0 aromatic heterocycles. The summed E-state index contributed by atoms with van der Waals surface area (Å²) in [6.45, 7) is 0. The van der Waals surface area contributed by atoms with Crippen LogP contribution in [0.25, 0.3) is 0 Å². The Morgan fingerprint density at radius 3 is 2.32 bits per heavy atom. The second-order valence-electron chi connectivity index (χ2n) is 4.23. The van der Waals surface area contributed by atoms with Gasteiger partial charge in [-0.2, -0.15) is 0 Å². The summed E-state index contributed by atoms with van der Waals surface area (Å²) in [5, 5.41) is 0.0174. The molecule has 1 unspecified atom stereocenters. The average Bonchev–Trinajstić information content (AvgIpc) is 2.37. The molecule has 0 spiro atoms. The van der Waals surface area contributed by atoms with E-state index in [1.54, 1.807) is 6.07 Å². The molecule has 1 atom stereocenters. The van der Waals surface area contributed by atoms with E-state index in [0.717, 1.165) is 12.1 Å². The van der Waals surface area contributed by atoms with Crippen LogP contribution in [-0.2, 0) is 6.42 Å². The van der Waals surface area contributed by atoms with Gasteiger partial charge in [0, 0.05) is 6.04 Å². The van der Waals surface area contributed by atoms with E-state index in [0.29, 0.717) is 11.1 Å². The summed E-state index contributed by atoms with van der Waals surface area (Å²) in [4.78, 5) is 0. The second-order valence-corrected chi connectivity index (χ2v) is 4.64. The quantitative estimate of drug-likeness (QED) is 0.906. The van der Waals surface area contributed by atoms with Crippen LogP contribution < -0.4 is 5.73 Å². The monoisotopic (exact) mass is 285 g/mol. The molecule has 0 saturated heterocycles. The number of hydrogen-bond acceptors (Lipinski definition) is 1. The molecule has 2 N–H and O–H groups in total. The SMILES string of the molecule is NC(Cc1ccc(F)c(F)c1)c1ccc(Cl)c(F)c1. The van der Waals surface area contributed by atoms with Crippen molar-refractivity contribution in [1.29, 1.82) is 0 Å². The van der Waals surface area contributed by atoms with Crippen LogP contribution in [0.3, 0.4) is 0 Å². The van der Waals surface area contributed by atoms with Gasteiger partial charge in [-0.15, -0.1) is 0 Å². The highest BCUT2D eigenvalue weighted by atomic mass is 35.5. The smallest absolute Gasteiger partial charge is 0.159 e. The van der Waals surface area contributed by atoms with Gasteiger partial charge in [-0.1, -0.05) is 23.7 Å². The van der Waals surface area contributed by atoms with Crippen molar-refractivity contribution >= 4 is 11.6 Å². The molecule has 1 nitrogen and oxygen atoms in total. The Labute approximate surface area is 113 Å². The van der Waals surface area contributed by atoms with Crippen LogP contribution in [0.15, 0.2) is 36.4 Å². The van der Waals surface area contributed by atoms with Crippen molar-refractivity contribution in [2.24, 2.45) is 5.73 Å². The Morgan fingerprint density at radius 1 is 0.947 bits per heavy atom. The number of benzene rings is 2. The number of hydrogen-bond donors (Lipinski definition) is 1. The highest BCUT2D eigenvalue weighted by Crippen LogP contribution is 2.22. The van der Waals surface area contributed by atoms with Crippen molar-refractivity contribution < 1.29 is 13.2 Å². The molecule has 2 aromatic rings. The maximum absolute atomic E-state index is 13.3. The number of halogens is 4. The Hall–Kier alpha value is -1.52. The molecule has 2 rings (SSSR count). The highest BCUT2D eigenvalue weighted by molar-refractivity contribution is 6.30. The third-order valence-electron chi connectivity index (χ3n) is 2.81. The standard InChI is InChI=1S/C14H11ClF3N/c15-10-3-2-9(7-12(10)17)14(19)6-8-1-4-11(16)13(18)5-8/h1-5,7,14H,6,19H2. The lowest BCUT2D eigenvalue weighted by Crippen LogP contribution is -2.13. The molecule has 0 amide bonds. The summed E-state index contributed by atoms with van der Waals surface area (Å²) in [5.41, 5.74) is 7.00. The maximum atomic E-state index is 13.3. The minimum Gasteiger partial charge on any atom is -0.324 e. The number of nitrogens with two attached hydrogens (primary N) is 1. The van der Waals surface area contributed by atoms with E-state index in [1.807, 2.05) is 0 Å². The first-order chi connectivity index (χ1) is 8.97. The Kier molecular flexibility index (Phi) is 4.12. The lowest BCUT2D eigenvalue weighted by Gasteiger charge is -2.13. The molecule has 0 heterocycles. The molecule has 0 radical (unpaired) electrons. The zero-order valence-electron chi connectivity index (χ0n) is 9.84. The van der Waals surface area contributed by atoms with Gasteiger partial charge in [0.2, 0.25) is 0 Å². The first-order valence-electron chi connectivity index (χ1n) is 5.62. The van der Waals surface area contributed by atoms with Crippen LogP contribution in [0.2, 0.25) is 5.02 Å². The van der Waals surface area contributed by atoms with Gasteiger partial charge in [-0.3, -0.25) is 0 Å². The average molecular weight is 286 g/mol. The molecular weight excluding hydrogens is 275 g/mol. The van der Waals surface area contributed by atoms with E-state index < -0.39 is 23.5 Å². The zero-order chi connectivity index (χ0) is 14.0. The fourth-order valence-electron chi connectivity index (χ4n) is 1.78. The predicted molar refractivity (Wildman–Crippen MR) is 68.4 cm³/mol. The third kappa shape index (κ3) is 3.28. The van der Waals surface area contributed by atoms with Crippen LogP contribution in [0.5, 0.6) is 0 Å². The van der Waals surface area contributed by atoms with Crippen LogP contribution in [0.1, 0.15) is 17.2 Å². The van der Waals surface area contributed by atoms with Gasteiger partial charge in [0.1, 0.15) is 5.82 Å². The summed E-state index contributed by atoms with van der Waals surface area (Å²) in [6, 6.07) is 7.32. The highest BCUT2D eigenvalue weighted by Gasteiger charge is 2.11. The van der Waals surface area contributed by atoms with E-state index in [4.69, 9.17) is 17.3 Å². The summed E-state index contributed by atoms with van der Waals surface area (Å²) in [5.74, 6) is -2.39. The fourth-order valence-corrected chi connectivity index (χ4v) is 1.90. The minimum absolute atomic E-state index is 0.0174. The Bertz CT molecular complexity index is 601. The van der Waals surface area contributed by atoms with Crippen molar-refractivity contribution in [2.45, 2.75) is 12.5 Å². The molecule has 0 fully saturated rings. The van der Waals surface area contributed by atoms with E-state index in [9.17, 15) is 13.2 Å². The molecule has 0 aliphatic carbocycles. The van der Waals surface area contributed by atoms with Crippen molar-refractivity contribution in [3.8, 4) is 0 Å². The summed E-state index contributed by atoms with van der Waals surface area (Å²) in [7, 11) is 0. The third-order valence-corrected chi connectivity index (χ3v) is 3.12. The van der Waals surface area contributed by atoms with Gasteiger partial charge >= 0.3 is 0 Å². The van der Waals surface area contributed by atoms with Crippen molar-refractivity contribution in [2.75, 3.05) is 0 Å². The Balaban J connectivity index is 2.17. The van der Waals surface area contributed by atoms with Crippen molar-refractivity contribution in [1.82, 2.24) is 0 Å². The zero-order valence-corrected chi connectivity index (χ0v) is 10.6. The molecule has 100 valence electrons. The summed E-state index contributed by atoms with van der Waals surface area (Å²) in [6.07, 6.45) is 0.276. The lowest BCUT2D eigenvalue weighted by atomic mass is 9.99. The maximum Gasteiger partial charge on any atom is 0.159 e. The molecule has 0 saturated carbocycles. The molecule has 0 aliphatic rings. The molecule has 2 aromatic carbocycles. The molecule has 0 bridgehead atoms. The van der Waals surface area contributed by atoms with Crippen molar-refractivity contribution in [3.05, 3.63) is 70.0 Å². The Morgan fingerprint density at radius 2 is 1.68 bits per heavy atom. The van der Waals surface area contributed by atoms with Gasteiger partial charge in [0.05, 0.1) is 5.02 Å². The van der Waals surface area contributed by atoms with Crippen LogP contribution in [0, 0.1) is 17.5 Å². The first kappa shape index (κ1) is 13.9. The minimum atomic E-state index is -0.924. The van der Waals surface area contributed by atoms with E-state index in [-0.39, 0.29) is 11.4 Å². The summed E-state index contributed by atoms with van der Waals surface area (Å²) >= 11 is 5.58. The molecule has 19 heavy (non-hydrogen) atoms. The second kappa shape index (κ2) is 5.63. The molecule has 5 heteroatoms. The fraction of sp³-hybridized carbons (Fsp3) is 0.143. The largest absolute Gasteiger partial charge is 0.324 e. The predicted octanol–water partition coefficient (Wildman–Crippen LogP) is 4.00. The van der Waals surface area contributed by atoms with E-state index in [2.05, 4.69) is 0 Å². The summed E-state index contributed by atoms with van der Waals surface area (Å²) < 4.78 is 39.1. The molecule has 0 aliphatic heterocycles. The van der Waals surface area contributed by atoms with Gasteiger partial charge in [0.25, 0.3) is 0 Å². The van der Waals surface area contributed by atoms with Gasteiger partial charge in [0.15, 0.2) is 11.6 Å². The van der Waals surface area contributed by atoms with E-state index >= 15 is 0 Å². The first-order valence-corrected chi connectivity index (χ1v) is 5.99. The van der Waals surface area contributed by atoms with Crippen LogP contribution >= 0.6 is 11.6 Å². The topological polar surface area (TPSA) is 26.0 Å². The van der Waals surface area contributed by atoms with Crippen molar-refractivity contribution in [3.63, 3.8) is 0 Å². The molecular formula is C14H11ClF3N. The normalized spacial score (nSPS) is 12.5. The van der Waals surface area contributed by atoms with E-state index in [1.165, 1.54) is 18.2 Å². The van der Waals surface area contributed by atoms with Gasteiger partial charge < -0.3 is 5.73 Å². The lowest BCUT2D eigenvalue weighted by molar-refractivity contribution is 0.506. The van der Waals surface area contributed by atoms with Gasteiger partial charge in [-0.25, -0.2) is 13.2 Å². The van der Waals surface area contributed by atoms with Crippen LogP contribution in [-0.4, -0.2) is 0 Å². The van der Waals surface area contributed by atoms with Crippen LogP contribution in [0.4, 0.5) is 13.2 Å². The number of rotatable bonds is 3. The van der Waals surface area contributed by atoms with Gasteiger partial charge in [-0.05, 0) is 41.8 Å².